The molecule has 4 rings (SSSR count). The summed E-state index contributed by atoms with van der Waals surface area (Å²) in [6, 6.07) is 17.6. The number of benzene rings is 2. The van der Waals surface area contributed by atoms with Crippen LogP contribution in [0.5, 0.6) is 0 Å². The monoisotopic (exact) mass is 364 g/mol. The lowest BCUT2D eigenvalue weighted by molar-refractivity contribution is 0.787. The van der Waals surface area contributed by atoms with Crippen LogP contribution in [0, 0.1) is 0 Å². The molecule has 2 heterocycles. The molecule has 0 amide bonds. The highest BCUT2D eigenvalue weighted by molar-refractivity contribution is 6.33. The van der Waals surface area contributed by atoms with E-state index in [1.54, 1.807) is 11.7 Å². The maximum atomic E-state index is 6.39. The number of nitrogens with two attached hydrogens (primary N) is 1. The zero-order valence-electron chi connectivity index (χ0n) is 14.1. The highest BCUT2D eigenvalue weighted by atomic mass is 35.5. The number of halogens is 1. The van der Waals surface area contributed by atoms with Gasteiger partial charge < -0.3 is 11.1 Å². The Morgan fingerprint density at radius 1 is 1.04 bits per heavy atom. The number of rotatable bonds is 4. The molecular formula is C19H17ClN6. The first kappa shape index (κ1) is 16.4. The van der Waals surface area contributed by atoms with Gasteiger partial charge in [-0.25, -0.2) is 4.98 Å². The van der Waals surface area contributed by atoms with E-state index < -0.39 is 0 Å². The first-order chi connectivity index (χ1) is 12.6. The lowest BCUT2D eigenvalue weighted by atomic mass is 10.1. The molecule has 3 N–H and O–H groups in total. The number of aromatic nitrogens is 4. The molecule has 7 heteroatoms. The van der Waals surface area contributed by atoms with Crippen molar-refractivity contribution >= 4 is 34.4 Å². The number of aryl methyl sites for hydroxylation is 1. The maximum Gasteiger partial charge on any atom is 0.225 e. The smallest absolute Gasteiger partial charge is 0.225 e. The summed E-state index contributed by atoms with van der Waals surface area (Å²) < 4.78 is 1.60. The van der Waals surface area contributed by atoms with Crippen LogP contribution in [0.25, 0.3) is 22.3 Å². The van der Waals surface area contributed by atoms with Crippen LogP contribution < -0.4 is 11.1 Å². The average Bonchev–Trinajstić information content (AvgIpc) is 2.95. The summed E-state index contributed by atoms with van der Waals surface area (Å²) in [4.78, 5) is 9.19. The van der Waals surface area contributed by atoms with E-state index in [4.69, 9.17) is 17.3 Å². The second kappa shape index (κ2) is 6.65. The van der Waals surface area contributed by atoms with E-state index in [2.05, 4.69) is 20.4 Å². The van der Waals surface area contributed by atoms with Gasteiger partial charge in [0.05, 0.1) is 11.1 Å². The molecule has 0 unspecified atom stereocenters. The largest absolute Gasteiger partial charge is 0.383 e. The number of nitrogen functional groups attached to an aromatic ring is 1. The third kappa shape index (κ3) is 2.95. The minimum Gasteiger partial charge on any atom is -0.383 e. The second-order valence-corrected chi connectivity index (χ2v) is 6.33. The van der Waals surface area contributed by atoms with Crippen molar-refractivity contribution in [3.8, 4) is 11.3 Å². The molecule has 0 aliphatic heterocycles. The summed E-state index contributed by atoms with van der Waals surface area (Å²) in [5.74, 6) is 0.985. The van der Waals surface area contributed by atoms with Crippen molar-refractivity contribution in [1.82, 2.24) is 19.7 Å². The number of anilines is 2. The van der Waals surface area contributed by atoms with Crippen molar-refractivity contribution in [1.29, 1.82) is 0 Å². The molecule has 130 valence electrons. The molecular weight excluding hydrogens is 348 g/mol. The van der Waals surface area contributed by atoms with Crippen LogP contribution >= 0.6 is 11.6 Å². The fourth-order valence-corrected chi connectivity index (χ4v) is 3.04. The molecule has 0 fully saturated rings. The summed E-state index contributed by atoms with van der Waals surface area (Å²) in [7, 11) is 1.78. The van der Waals surface area contributed by atoms with Crippen LogP contribution in [0.1, 0.15) is 5.56 Å². The molecule has 2 aromatic heterocycles. The Bertz CT molecular complexity index is 1070. The van der Waals surface area contributed by atoms with E-state index >= 15 is 0 Å². The molecule has 0 saturated heterocycles. The molecule has 0 atom stereocenters. The summed E-state index contributed by atoms with van der Waals surface area (Å²) in [6.45, 7) is 0.608. The summed E-state index contributed by atoms with van der Waals surface area (Å²) >= 11 is 6.39. The minimum absolute atomic E-state index is 0.481. The van der Waals surface area contributed by atoms with Gasteiger partial charge >= 0.3 is 0 Å². The predicted octanol–water partition coefficient (Wildman–Crippen LogP) is 3.88. The normalized spacial score (nSPS) is 11.0. The van der Waals surface area contributed by atoms with E-state index in [9.17, 15) is 0 Å². The molecule has 0 bridgehead atoms. The number of nitrogens with one attached hydrogen (secondary N) is 1. The van der Waals surface area contributed by atoms with Crippen LogP contribution in [0.15, 0.2) is 54.6 Å². The van der Waals surface area contributed by atoms with E-state index in [1.165, 1.54) is 0 Å². The highest BCUT2D eigenvalue weighted by Gasteiger charge is 2.18. The van der Waals surface area contributed by atoms with Gasteiger partial charge in [0.25, 0.3) is 0 Å². The Labute approximate surface area is 155 Å². The third-order valence-corrected chi connectivity index (χ3v) is 4.49. The fraction of sp³-hybridized carbons (Fsp3) is 0.105. The maximum absolute atomic E-state index is 6.39. The lowest BCUT2D eigenvalue weighted by Gasteiger charge is -2.09. The topological polar surface area (TPSA) is 81.7 Å². The van der Waals surface area contributed by atoms with E-state index in [0.29, 0.717) is 40.1 Å². The molecule has 0 spiro atoms. The molecule has 0 aliphatic rings. The molecule has 0 saturated carbocycles. The Morgan fingerprint density at radius 2 is 1.77 bits per heavy atom. The molecule has 2 aromatic carbocycles. The van der Waals surface area contributed by atoms with Gasteiger partial charge in [-0.05, 0) is 11.6 Å². The Hall–Kier alpha value is -3.12. The van der Waals surface area contributed by atoms with Gasteiger partial charge in [0, 0.05) is 24.2 Å². The Morgan fingerprint density at radius 3 is 2.54 bits per heavy atom. The minimum atomic E-state index is 0.481. The lowest BCUT2D eigenvalue weighted by Crippen LogP contribution is -2.05. The fourth-order valence-electron chi connectivity index (χ4n) is 2.82. The van der Waals surface area contributed by atoms with Crippen LogP contribution in [0.3, 0.4) is 0 Å². The van der Waals surface area contributed by atoms with Crippen LogP contribution in [-0.2, 0) is 13.6 Å². The average molecular weight is 365 g/mol. The highest BCUT2D eigenvalue weighted by Crippen LogP contribution is 2.34. The van der Waals surface area contributed by atoms with Crippen molar-refractivity contribution in [3.63, 3.8) is 0 Å². The van der Waals surface area contributed by atoms with Crippen molar-refractivity contribution in [2.45, 2.75) is 6.54 Å². The van der Waals surface area contributed by atoms with Crippen LogP contribution in [0.2, 0.25) is 5.02 Å². The van der Waals surface area contributed by atoms with E-state index in [1.807, 2.05) is 54.6 Å². The zero-order chi connectivity index (χ0) is 18.1. The first-order valence-corrected chi connectivity index (χ1v) is 8.54. The SMILES string of the molecule is Cn1nc2nc(NCc3ccccc3)nc(-c3ccccc3Cl)c2c1N. The van der Waals surface area contributed by atoms with E-state index in [0.717, 1.165) is 11.1 Å². The van der Waals surface area contributed by atoms with Crippen molar-refractivity contribution in [2.24, 2.45) is 7.05 Å². The summed E-state index contributed by atoms with van der Waals surface area (Å²) in [5, 5.41) is 8.96. The molecule has 4 aromatic rings. The number of fused-ring (bicyclic) bond motifs is 1. The summed E-state index contributed by atoms with van der Waals surface area (Å²) in [5.41, 5.74) is 9.33. The second-order valence-electron chi connectivity index (χ2n) is 5.92. The summed E-state index contributed by atoms with van der Waals surface area (Å²) in [6.07, 6.45) is 0. The van der Waals surface area contributed by atoms with Crippen LogP contribution in [0.4, 0.5) is 11.8 Å². The quantitative estimate of drug-likeness (QED) is 0.574. The van der Waals surface area contributed by atoms with Gasteiger partial charge in [-0.2, -0.15) is 10.1 Å². The van der Waals surface area contributed by atoms with Gasteiger partial charge in [0.1, 0.15) is 5.82 Å². The number of nitrogens with zero attached hydrogens (tertiary/aromatic N) is 4. The molecule has 0 aliphatic carbocycles. The molecule has 6 nitrogen and oxygen atoms in total. The van der Waals surface area contributed by atoms with Crippen LogP contribution in [-0.4, -0.2) is 19.7 Å². The van der Waals surface area contributed by atoms with Gasteiger partial charge in [-0.15, -0.1) is 0 Å². The van der Waals surface area contributed by atoms with E-state index in [-0.39, 0.29) is 0 Å². The predicted molar refractivity (Wildman–Crippen MR) is 105 cm³/mol. The number of hydrogen-bond donors (Lipinski definition) is 2. The van der Waals surface area contributed by atoms with Crippen molar-refractivity contribution in [2.75, 3.05) is 11.1 Å². The van der Waals surface area contributed by atoms with Gasteiger partial charge in [0.15, 0.2) is 5.65 Å². The Balaban J connectivity index is 1.82. The molecule has 0 radical (unpaired) electrons. The van der Waals surface area contributed by atoms with Gasteiger partial charge in [-0.1, -0.05) is 60.1 Å². The van der Waals surface area contributed by atoms with Gasteiger partial charge in [-0.3, -0.25) is 4.68 Å². The first-order valence-electron chi connectivity index (χ1n) is 8.16. The van der Waals surface area contributed by atoms with Gasteiger partial charge in [0.2, 0.25) is 5.95 Å². The number of hydrogen-bond acceptors (Lipinski definition) is 5. The molecule has 26 heavy (non-hydrogen) atoms. The third-order valence-electron chi connectivity index (χ3n) is 4.16. The standard InChI is InChI=1S/C19H17ClN6/c1-26-17(21)15-16(13-9-5-6-10-14(13)20)23-19(24-18(15)25-26)22-11-12-7-3-2-4-8-12/h2-10H,11,21H2,1H3,(H,22,24,25). The zero-order valence-corrected chi connectivity index (χ0v) is 14.9. The van der Waals surface area contributed by atoms with Crippen molar-refractivity contribution in [3.05, 3.63) is 65.2 Å². The Kier molecular flexibility index (Phi) is 4.18. The van der Waals surface area contributed by atoms with Crippen molar-refractivity contribution < 1.29 is 0 Å².